The van der Waals surface area contributed by atoms with E-state index < -0.39 is 0 Å². The summed E-state index contributed by atoms with van der Waals surface area (Å²) in [4.78, 5) is 9.18. The van der Waals surface area contributed by atoms with E-state index in [9.17, 15) is 0 Å². The zero-order chi connectivity index (χ0) is 23.3. The van der Waals surface area contributed by atoms with Gasteiger partial charge in [-0.2, -0.15) is 0 Å². The quantitative estimate of drug-likeness (QED) is 0.435. The molecular formula is C27H27ClN4S. The first-order valence-electron chi connectivity index (χ1n) is 11.1. The van der Waals surface area contributed by atoms with E-state index in [1.54, 1.807) is 0 Å². The lowest BCUT2D eigenvalue weighted by molar-refractivity contribution is 0.566. The van der Waals surface area contributed by atoms with Crippen LogP contribution in [0.25, 0.3) is 5.57 Å². The number of fused-ring (bicyclic) bond motifs is 1. The van der Waals surface area contributed by atoms with Crippen LogP contribution in [0, 0.1) is 0 Å². The normalized spacial score (nSPS) is 21.5. The number of thiocarbonyl (C=S) groups is 1. The maximum Gasteiger partial charge on any atom is 0.174 e. The molecule has 0 amide bonds. The van der Waals surface area contributed by atoms with Crippen molar-refractivity contribution in [1.29, 1.82) is 0 Å². The summed E-state index contributed by atoms with van der Waals surface area (Å²) < 4.78 is 0. The van der Waals surface area contributed by atoms with Crippen molar-refractivity contribution in [3.05, 3.63) is 94.8 Å². The Kier molecular flexibility index (Phi) is 5.42. The molecule has 0 saturated carbocycles. The van der Waals surface area contributed by atoms with Crippen molar-refractivity contribution in [1.82, 2.24) is 10.3 Å². The number of halogens is 1. The first-order valence-corrected chi connectivity index (χ1v) is 11.9. The molecule has 3 heterocycles. The second-order valence-corrected chi connectivity index (χ2v) is 10.1. The smallest absolute Gasteiger partial charge is 0.174 e. The van der Waals surface area contributed by atoms with E-state index in [0.717, 1.165) is 11.4 Å². The fourth-order valence-corrected chi connectivity index (χ4v) is 5.41. The number of aromatic nitrogens is 1. The highest BCUT2D eigenvalue weighted by Gasteiger charge is 2.41. The molecule has 168 valence electrons. The van der Waals surface area contributed by atoms with Crippen molar-refractivity contribution in [3.8, 4) is 0 Å². The maximum atomic E-state index is 6.18. The SMILES string of the molecule is CC1=CC(C)(C)N(C)c2ccc([C@@H]3[C@H](c4ccccn4)NC(=S)N3c3ccc(Cl)cc3)cc21. The maximum absolute atomic E-state index is 6.18. The van der Waals surface area contributed by atoms with Gasteiger partial charge in [-0.05, 0) is 92.7 Å². The van der Waals surface area contributed by atoms with Crippen LogP contribution in [-0.4, -0.2) is 22.7 Å². The molecule has 0 spiro atoms. The van der Waals surface area contributed by atoms with Gasteiger partial charge in [0.05, 0.1) is 23.3 Å². The van der Waals surface area contributed by atoms with Crippen molar-refractivity contribution >= 4 is 45.9 Å². The molecule has 1 fully saturated rings. The van der Waals surface area contributed by atoms with Crippen molar-refractivity contribution in [2.45, 2.75) is 38.4 Å². The van der Waals surface area contributed by atoms with Gasteiger partial charge in [0.15, 0.2) is 5.11 Å². The summed E-state index contributed by atoms with van der Waals surface area (Å²) in [6.45, 7) is 6.68. The third-order valence-electron chi connectivity index (χ3n) is 6.79. The molecule has 2 aliphatic heterocycles. The van der Waals surface area contributed by atoms with Gasteiger partial charge in [-0.1, -0.05) is 29.8 Å². The van der Waals surface area contributed by atoms with Gasteiger partial charge in [0, 0.05) is 35.2 Å². The lowest BCUT2D eigenvalue weighted by Gasteiger charge is -2.41. The van der Waals surface area contributed by atoms with Crippen LogP contribution >= 0.6 is 23.8 Å². The molecule has 0 radical (unpaired) electrons. The van der Waals surface area contributed by atoms with Gasteiger partial charge in [-0.25, -0.2) is 0 Å². The largest absolute Gasteiger partial charge is 0.366 e. The van der Waals surface area contributed by atoms with E-state index in [1.807, 2.05) is 42.6 Å². The predicted octanol–water partition coefficient (Wildman–Crippen LogP) is 6.54. The topological polar surface area (TPSA) is 31.4 Å². The van der Waals surface area contributed by atoms with Crippen molar-refractivity contribution < 1.29 is 0 Å². The van der Waals surface area contributed by atoms with Crippen LogP contribution in [0.3, 0.4) is 0 Å². The highest BCUT2D eigenvalue weighted by molar-refractivity contribution is 7.80. The summed E-state index contributed by atoms with van der Waals surface area (Å²) in [5.74, 6) is 0. The van der Waals surface area contributed by atoms with Crippen LogP contribution in [0.5, 0.6) is 0 Å². The second-order valence-electron chi connectivity index (χ2n) is 9.29. The standard InChI is InChI=1S/C27H27ClN4S/c1-17-16-27(2,3)31(4)23-13-8-18(15-21(17)23)25-24(22-7-5-6-14-29-22)30-26(33)32(25)20-11-9-19(28)10-12-20/h5-16,24-25H,1-4H3,(H,30,33)/t24-,25+/m0/s1. The predicted molar refractivity (Wildman–Crippen MR) is 142 cm³/mol. The van der Waals surface area contributed by atoms with Crippen LogP contribution in [0.15, 0.2) is 72.9 Å². The van der Waals surface area contributed by atoms with Gasteiger partial charge in [0.25, 0.3) is 0 Å². The van der Waals surface area contributed by atoms with Crippen molar-refractivity contribution in [2.24, 2.45) is 0 Å². The Balaban J connectivity index is 1.65. The van der Waals surface area contributed by atoms with E-state index in [4.69, 9.17) is 23.8 Å². The molecule has 0 unspecified atom stereocenters. The Morgan fingerprint density at radius 2 is 1.82 bits per heavy atom. The van der Waals surface area contributed by atoms with E-state index in [1.165, 1.54) is 22.4 Å². The lowest BCUT2D eigenvalue weighted by Crippen LogP contribution is -2.42. The fourth-order valence-electron chi connectivity index (χ4n) is 4.93. The molecule has 6 heteroatoms. The molecule has 0 aliphatic carbocycles. The average molecular weight is 475 g/mol. The van der Waals surface area contributed by atoms with E-state index in [0.29, 0.717) is 10.1 Å². The minimum Gasteiger partial charge on any atom is -0.366 e. The Morgan fingerprint density at radius 3 is 2.52 bits per heavy atom. The number of hydrogen-bond donors (Lipinski definition) is 1. The van der Waals surface area contributed by atoms with Crippen LogP contribution < -0.4 is 15.1 Å². The molecule has 4 nitrogen and oxygen atoms in total. The van der Waals surface area contributed by atoms with Gasteiger partial charge in [0.2, 0.25) is 0 Å². The van der Waals surface area contributed by atoms with Crippen LogP contribution in [0.1, 0.15) is 49.7 Å². The summed E-state index contributed by atoms with van der Waals surface area (Å²) >= 11 is 12.0. The third-order valence-corrected chi connectivity index (χ3v) is 7.35. The third kappa shape index (κ3) is 3.79. The molecule has 2 aliphatic rings. The highest BCUT2D eigenvalue weighted by atomic mass is 35.5. The summed E-state index contributed by atoms with van der Waals surface area (Å²) in [7, 11) is 2.16. The van der Waals surface area contributed by atoms with E-state index in [2.05, 4.69) is 78.3 Å². The number of pyridine rings is 1. The number of anilines is 2. The summed E-state index contributed by atoms with van der Waals surface area (Å²) in [6, 6.07) is 20.5. The van der Waals surface area contributed by atoms with Gasteiger partial charge < -0.3 is 15.1 Å². The second kappa shape index (κ2) is 8.15. The molecule has 33 heavy (non-hydrogen) atoms. The van der Waals surface area contributed by atoms with Gasteiger partial charge in [0.1, 0.15) is 0 Å². The first kappa shape index (κ1) is 21.9. The number of nitrogens with zero attached hydrogens (tertiary/aromatic N) is 3. The van der Waals surface area contributed by atoms with Gasteiger partial charge in [-0.15, -0.1) is 0 Å². The summed E-state index contributed by atoms with van der Waals surface area (Å²) in [6.07, 6.45) is 4.17. The number of allylic oxidation sites excluding steroid dienone is 1. The molecule has 5 rings (SSSR count). The lowest BCUT2D eigenvalue weighted by atomic mass is 9.86. The summed E-state index contributed by atoms with van der Waals surface area (Å²) in [5.41, 5.74) is 6.91. The molecule has 2 atom stereocenters. The molecule has 0 bridgehead atoms. The van der Waals surface area contributed by atoms with E-state index >= 15 is 0 Å². The zero-order valence-corrected chi connectivity index (χ0v) is 20.8. The van der Waals surface area contributed by atoms with Gasteiger partial charge >= 0.3 is 0 Å². The molecular weight excluding hydrogens is 448 g/mol. The zero-order valence-electron chi connectivity index (χ0n) is 19.2. The average Bonchev–Trinajstić information content (AvgIpc) is 3.15. The minimum atomic E-state index is -0.0746. The Bertz CT molecular complexity index is 1240. The molecule has 1 N–H and O–H groups in total. The fraction of sp³-hybridized carbons (Fsp3) is 0.259. The van der Waals surface area contributed by atoms with Crippen LogP contribution in [-0.2, 0) is 0 Å². The summed E-state index contributed by atoms with van der Waals surface area (Å²) in [5, 5.41) is 4.92. The highest BCUT2D eigenvalue weighted by Crippen LogP contribution is 2.45. The minimum absolute atomic E-state index is 0.0269. The first-order chi connectivity index (χ1) is 15.8. The Morgan fingerprint density at radius 1 is 1.06 bits per heavy atom. The number of rotatable bonds is 3. The number of likely N-dealkylation sites (N-methyl/N-ethyl adjacent to an activating group) is 1. The Hall–Kier alpha value is -2.89. The van der Waals surface area contributed by atoms with Gasteiger partial charge in [-0.3, -0.25) is 4.98 Å². The van der Waals surface area contributed by atoms with Crippen molar-refractivity contribution in [3.63, 3.8) is 0 Å². The Labute approximate surface area is 205 Å². The monoisotopic (exact) mass is 474 g/mol. The molecule has 1 saturated heterocycles. The number of hydrogen-bond acceptors (Lipinski definition) is 3. The van der Waals surface area contributed by atoms with Crippen molar-refractivity contribution in [2.75, 3.05) is 16.8 Å². The molecule has 1 aromatic heterocycles. The van der Waals surface area contributed by atoms with E-state index in [-0.39, 0.29) is 17.6 Å². The number of nitrogens with one attached hydrogen (secondary N) is 1. The molecule has 3 aromatic rings. The van der Waals surface area contributed by atoms with Crippen LogP contribution in [0.4, 0.5) is 11.4 Å². The van der Waals surface area contributed by atoms with Crippen LogP contribution in [0.2, 0.25) is 5.02 Å². The number of benzene rings is 2. The molecule has 2 aromatic carbocycles.